The molecule has 11 heteroatoms. The zero-order valence-electron chi connectivity index (χ0n) is 25.0. The van der Waals surface area contributed by atoms with Crippen LogP contribution in [0.5, 0.6) is 6.01 Å². The highest BCUT2D eigenvalue weighted by Crippen LogP contribution is 2.37. The van der Waals surface area contributed by atoms with Crippen molar-refractivity contribution in [2.75, 3.05) is 51.8 Å². The van der Waals surface area contributed by atoms with Crippen LogP contribution in [0.2, 0.25) is 0 Å². The molecule has 2 aromatic heterocycles. The van der Waals surface area contributed by atoms with Crippen molar-refractivity contribution in [3.63, 3.8) is 0 Å². The van der Waals surface area contributed by atoms with E-state index in [9.17, 15) is 9.18 Å². The van der Waals surface area contributed by atoms with Gasteiger partial charge in [-0.3, -0.25) is 14.7 Å². The average Bonchev–Trinajstić information content (AvgIpc) is 3.82. The molecule has 9 nitrogen and oxygen atoms in total. The average molecular weight is 611 g/mol. The van der Waals surface area contributed by atoms with Crippen molar-refractivity contribution >= 4 is 33.4 Å². The van der Waals surface area contributed by atoms with E-state index in [1.54, 1.807) is 30.3 Å². The molecule has 3 unspecified atom stereocenters. The molecule has 2 aromatic carbocycles. The molecule has 0 aliphatic carbocycles. The minimum Gasteiger partial charge on any atom is -0.467 e. The van der Waals surface area contributed by atoms with E-state index in [0.29, 0.717) is 59.2 Å². The minimum atomic E-state index is -0.700. The second-order valence-corrected chi connectivity index (χ2v) is 11.7. The van der Waals surface area contributed by atoms with Crippen LogP contribution in [0.1, 0.15) is 18.4 Å². The fourth-order valence-electron chi connectivity index (χ4n) is 6.79. The maximum absolute atomic E-state index is 16.4. The number of carbonyl (C=O) groups is 1. The Morgan fingerprint density at radius 2 is 2.11 bits per heavy atom. The summed E-state index contributed by atoms with van der Waals surface area (Å²) >= 11 is 0. The Hall–Kier alpha value is -4.66. The molecule has 0 radical (unpaired) electrons. The van der Waals surface area contributed by atoms with Gasteiger partial charge in [-0.2, -0.15) is 9.97 Å². The number of ether oxygens (including phenoxy) is 2. The molecule has 3 aliphatic rings. The zero-order chi connectivity index (χ0) is 31.2. The predicted octanol–water partition coefficient (Wildman–Crippen LogP) is 4.18. The number of morpholine rings is 1. The minimum absolute atomic E-state index is 0.0106. The smallest absolute Gasteiger partial charge is 0.318 e. The van der Waals surface area contributed by atoms with E-state index in [2.05, 4.69) is 25.8 Å². The summed E-state index contributed by atoms with van der Waals surface area (Å²) in [5, 5.41) is 1.45. The Kier molecular flexibility index (Phi) is 7.55. The van der Waals surface area contributed by atoms with Crippen molar-refractivity contribution in [1.82, 2.24) is 24.8 Å². The van der Waals surface area contributed by atoms with E-state index < -0.39 is 11.6 Å². The summed E-state index contributed by atoms with van der Waals surface area (Å²) in [7, 11) is 3.28. The van der Waals surface area contributed by atoms with Gasteiger partial charge < -0.3 is 19.3 Å². The van der Waals surface area contributed by atoms with Gasteiger partial charge in [-0.15, -0.1) is 6.42 Å². The number of benzene rings is 2. The van der Waals surface area contributed by atoms with Crippen molar-refractivity contribution in [2.45, 2.75) is 31.0 Å². The van der Waals surface area contributed by atoms with Crippen LogP contribution in [-0.2, 0) is 9.53 Å². The fraction of sp³-hybridized carbons (Fsp3) is 0.353. The molecule has 0 saturated carbocycles. The van der Waals surface area contributed by atoms with Crippen LogP contribution in [0.25, 0.3) is 32.9 Å². The van der Waals surface area contributed by atoms with Crippen molar-refractivity contribution < 1.29 is 23.0 Å². The number of hydrogen-bond donors (Lipinski definition) is 0. The van der Waals surface area contributed by atoms with Gasteiger partial charge >= 0.3 is 6.01 Å². The van der Waals surface area contributed by atoms with Gasteiger partial charge in [0.15, 0.2) is 5.82 Å². The molecular weight excluding hydrogens is 578 g/mol. The molecule has 2 bridgehead atoms. The van der Waals surface area contributed by atoms with Crippen LogP contribution in [0.15, 0.2) is 48.7 Å². The highest BCUT2D eigenvalue weighted by molar-refractivity contribution is 6.02. The first kappa shape index (κ1) is 29.1. The summed E-state index contributed by atoms with van der Waals surface area (Å²) in [6, 6.07) is 8.46. The number of terminal acetylenes is 1. The summed E-state index contributed by atoms with van der Waals surface area (Å²) in [6.45, 7) is 3.50. The van der Waals surface area contributed by atoms with Crippen LogP contribution in [0.3, 0.4) is 0 Å². The quantitative estimate of drug-likeness (QED) is 0.228. The van der Waals surface area contributed by atoms with Crippen LogP contribution < -0.4 is 9.64 Å². The molecule has 3 saturated heterocycles. The Balaban J connectivity index is 1.16. The molecule has 5 heterocycles. The number of aromatic nitrogens is 3. The molecule has 0 N–H and O–H groups in total. The number of anilines is 1. The standard InChI is InChI=1S/C34H32F2N6O3/c1-4-24-27(35)11-10-20-7-5-8-25(29(20)24)31-30(36)32-26(16-37-31)33(39-34(38-32)44-3)40(2)21-12-14-42(17-21)28(43)9-6-13-41-18-23-15-22(41)19-45-23/h1,5-11,16,21-23H,12-15,17-19H2,2-3H3/b9-6+. The molecule has 7 rings (SSSR count). The number of halogens is 2. The lowest BCUT2D eigenvalue weighted by atomic mass is 9.96. The number of pyridine rings is 1. The molecule has 230 valence electrons. The van der Waals surface area contributed by atoms with E-state index in [0.717, 1.165) is 26.1 Å². The number of rotatable bonds is 7. The second-order valence-electron chi connectivity index (χ2n) is 11.7. The lowest BCUT2D eigenvalue weighted by molar-refractivity contribution is -0.125. The number of carbonyl (C=O) groups excluding carboxylic acids is 1. The molecular formula is C34H32F2N6O3. The van der Waals surface area contributed by atoms with Crippen molar-refractivity contribution in [1.29, 1.82) is 0 Å². The highest BCUT2D eigenvalue weighted by Gasteiger charge is 2.38. The Morgan fingerprint density at radius 1 is 1.24 bits per heavy atom. The van der Waals surface area contributed by atoms with Crippen LogP contribution in [0.4, 0.5) is 14.6 Å². The van der Waals surface area contributed by atoms with Crippen molar-refractivity contribution in [2.24, 2.45) is 0 Å². The van der Waals surface area contributed by atoms with Gasteiger partial charge in [0.2, 0.25) is 5.91 Å². The monoisotopic (exact) mass is 610 g/mol. The van der Waals surface area contributed by atoms with Gasteiger partial charge in [-0.05, 0) is 24.3 Å². The first-order chi connectivity index (χ1) is 21.9. The van der Waals surface area contributed by atoms with E-state index in [4.69, 9.17) is 15.9 Å². The first-order valence-electron chi connectivity index (χ1n) is 15.0. The molecule has 0 spiro atoms. The van der Waals surface area contributed by atoms with Gasteiger partial charge in [0.05, 0.1) is 30.8 Å². The van der Waals surface area contributed by atoms with Gasteiger partial charge in [-0.1, -0.05) is 36.3 Å². The summed E-state index contributed by atoms with van der Waals surface area (Å²) in [6.07, 6.45) is 12.9. The Bertz CT molecular complexity index is 1890. The van der Waals surface area contributed by atoms with Crippen LogP contribution in [0, 0.1) is 24.0 Å². The molecule has 4 aromatic rings. The Labute approximate surface area is 259 Å². The van der Waals surface area contributed by atoms with E-state index in [1.807, 2.05) is 22.9 Å². The Morgan fingerprint density at radius 3 is 2.87 bits per heavy atom. The van der Waals surface area contributed by atoms with E-state index in [1.165, 1.54) is 19.4 Å². The first-order valence-corrected chi connectivity index (χ1v) is 15.0. The third-order valence-corrected chi connectivity index (χ3v) is 9.19. The summed E-state index contributed by atoms with van der Waals surface area (Å²) in [4.78, 5) is 32.5. The molecule has 3 atom stereocenters. The van der Waals surface area contributed by atoms with Crippen molar-refractivity contribution in [3.8, 4) is 29.6 Å². The molecule has 3 fully saturated rings. The maximum atomic E-state index is 16.4. The third kappa shape index (κ3) is 5.14. The number of methoxy groups -OCH3 is 1. The number of amides is 1. The van der Waals surface area contributed by atoms with Gasteiger partial charge in [-0.25, -0.2) is 8.78 Å². The number of hydrogen-bond acceptors (Lipinski definition) is 8. The van der Waals surface area contributed by atoms with Crippen molar-refractivity contribution in [3.05, 3.63) is 65.9 Å². The maximum Gasteiger partial charge on any atom is 0.318 e. The zero-order valence-corrected chi connectivity index (χ0v) is 25.0. The number of fused-ring (bicyclic) bond motifs is 4. The molecule has 3 aliphatic heterocycles. The summed E-state index contributed by atoms with van der Waals surface area (Å²) < 4.78 is 42.0. The van der Waals surface area contributed by atoms with Crippen LogP contribution >= 0.6 is 0 Å². The lowest BCUT2D eigenvalue weighted by Gasteiger charge is -2.27. The summed E-state index contributed by atoms with van der Waals surface area (Å²) in [5.41, 5.74) is 0.399. The lowest BCUT2D eigenvalue weighted by Crippen LogP contribution is -2.37. The fourth-order valence-corrected chi connectivity index (χ4v) is 6.79. The van der Waals surface area contributed by atoms with Gasteiger partial charge in [0, 0.05) is 68.5 Å². The highest BCUT2D eigenvalue weighted by atomic mass is 19.1. The number of nitrogens with zero attached hydrogens (tertiary/aromatic N) is 6. The van der Waals surface area contributed by atoms with Crippen LogP contribution in [-0.4, -0.2) is 95.8 Å². The number of likely N-dealkylation sites (N-methyl/N-ethyl adjacent to an activating group) is 1. The van der Waals surface area contributed by atoms with E-state index >= 15 is 4.39 Å². The third-order valence-electron chi connectivity index (χ3n) is 9.19. The summed E-state index contributed by atoms with van der Waals surface area (Å²) in [5.74, 6) is 1.53. The molecule has 45 heavy (non-hydrogen) atoms. The molecule has 1 amide bonds. The topological polar surface area (TPSA) is 83.9 Å². The van der Waals surface area contributed by atoms with Gasteiger partial charge in [0.1, 0.15) is 22.8 Å². The SMILES string of the molecule is C#Cc1c(F)ccc2cccc(-c3ncc4c(N(C)C5CCN(C(=O)/C=C/CN6CC7CC6CO7)C5)nc(OC)nc4c3F)c12. The van der Waals surface area contributed by atoms with Gasteiger partial charge in [0.25, 0.3) is 0 Å². The van der Waals surface area contributed by atoms with E-state index in [-0.39, 0.29) is 34.7 Å². The second kappa shape index (κ2) is 11.7. The normalized spacial score (nSPS) is 21.3. The predicted molar refractivity (Wildman–Crippen MR) is 167 cm³/mol. The largest absolute Gasteiger partial charge is 0.467 e. The number of likely N-dealkylation sites (tertiary alicyclic amines) is 2.